The van der Waals surface area contributed by atoms with Crippen molar-refractivity contribution in [1.82, 2.24) is 5.32 Å². The number of carbonyl (C=O) groups is 1. The molecule has 1 atom stereocenters. The molecule has 0 aromatic rings. The first-order valence-corrected chi connectivity index (χ1v) is 5.28. The number of hydrogen-bond donors (Lipinski definition) is 1. The van der Waals surface area contributed by atoms with Crippen molar-refractivity contribution in [2.45, 2.75) is 46.0 Å². The van der Waals surface area contributed by atoms with Crippen LogP contribution in [0.25, 0.3) is 0 Å². The highest BCUT2D eigenvalue weighted by molar-refractivity contribution is 5.79. The van der Waals surface area contributed by atoms with E-state index in [1.807, 2.05) is 0 Å². The molecule has 1 amide bonds. The van der Waals surface area contributed by atoms with Gasteiger partial charge < -0.3 is 5.32 Å². The molecular formula is C11H19NO. The van der Waals surface area contributed by atoms with Gasteiger partial charge in [-0.15, -0.1) is 0 Å². The van der Waals surface area contributed by atoms with Gasteiger partial charge in [-0.1, -0.05) is 20.3 Å². The average Bonchev–Trinajstić information content (AvgIpc) is 2.29. The average molecular weight is 181 g/mol. The van der Waals surface area contributed by atoms with E-state index in [2.05, 4.69) is 19.2 Å². The summed E-state index contributed by atoms with van der Waals surface area (Å²) in [6.07, 6.45) is 5.86. The molecule has 0 aromatic heterocycles. The van der Waals surface area contributed by atoms with Crippen LogP contribution >= 0.6 is 0 Å². The van der Waals surface area contributed by atoms with Crippen molar-refractivity contribution in [2.24, 2.45) is 10.8 Å². The van der Waals surface area contributed by atoms with Gasteiger partial charge in [0, 0.05) is 13.0 Å². The lowest BCUT2D eigenvalue weighted by Gasteiger charge is -2.41. The molecule has 2 rings (SSSR count). The minimum Gasteiger partial charge on any atom is -0.356 e. The number of hydrogen-bond acceptors (Lipinski definition) is 1. The Kier molecular flexibility index (Phi) is 1.90. The van der Waals surface area contributed by atoms with Crippen LogP contribution < -0.4 is 5.32 Å². The fourth-order valence-electron chi connectivity index (χ4n) is 3.19. The van der Waals surface area contributed by atoms with Gasteiger partial charge in [0.2, 0.25) is 5.91 Å². The molecule has 1 heterocycles. The van der Waals surface area contributed by atoms with Gasteiger partial charge in [0.1, 0.15) is 0 Å². The Bertz CT molecular complexity index is 234. The molecule has 1 spiro atoms. The Morgan fingerprint density at radius 3 is 2.62 bits per heavy atom. The second kappa shape index (κ2) is 2.73. The quantitative estimate of drug-likeness (QED) is 0.609. The molecule has 74 valence electrons. The Morgan fingerprint density at radius 2 is 2.08 bits per heavy atom. The monoisotopic (exact) mass is 181 g/mol. The van der Waals surface area contributed by atoms with Crippen molar-refractivity contribution in [1.29, 1.82) is 0 Å². The minimum absolute atomic E-state index is 0.262. The van der Waals surface area contributed by atoms with Gasteiger partial charge in [-0.25, -0.2) is 0 Å². The first-order valence-electron chi connectivity index (χ1n) is 5.28. The summed E-state index contributed by atoms with van der Waals surface area (Å²) in [6, 6.07) is 0. The zero-order chi connectivity index (χ0) is 9.53. The fraction of sp³-hybridized carbons (Fsp3) is 0.909. The SMILES string of the molecule is CC1(C)CCC[C@@]2(CNC(=O)C2)C1. The lowest BCUT2D eigenvalue weighted by Crippen LogP contribution is -2.34. The van der Waals surface area contributed by atoms with E-state index in [1.165, 1.54) is 25.7 Å². The lowest BCUT2D eigenvalue weighted by molar-refractivity contribution is -0.120. The van der Waals surface area contributed by atoms with Gasteiger partial charge in [-0.05, 0) is 30.1 Å². The molecule has 2 heteroatoms. The standard InChI is InChI=1S/C11H19NO/c1-10(2)4-3-5-11(7-10)6-9(13)12-8-11/h3-8H2,1-2H3,(H,12,13)/t11-/m0/s1. The van der Waals surface area contributed by atoms with E-state index in [1.54, 1.807) is 0 Å². The molecule has 2 aliphatic rings. The van der Waals surface area contributed by atoms with Gasteiger partial charge >= 0.3 is 0 Å². The maximum absolute atomic E-state index is 11.2. The highest BCUT2D eigenvalue weighted by atomic mass is 16.1. The summed E-state index contributed by atoms with van der Waals surface area (Å²) in [5.41, 5.74) is 0.767. The molecule has 1 saturated heterocycles. The Hall–Kier alpha value is -0.530. The zero-order valence-corrected chi connectivity index (χ0v) is 8.65. The van der Waals surface area contributed by atoms with Crippen LogP contribution in [0.15, 0.2) is 0 Å². The van der Waals surface area contributed by atoms with E-state index in [-0.39, 0.29) is 5.91 Å². The normalized spacial score (nSPS) is 37.8. The van der Waals surface area contributed by atoms with Crippen LogP contribution in [0.1, 0.15) is 46.0 Å². The topological polar surface area (TPSA) is 29.1 Å². The first kappa shape index (κ1) is 9.04. The van der Waals surface area contributed by atoms with Crippen molar-refractivity contribution < 1.29 is 4.79 Å². The van der Waals surface area contributed by atoms with Crippen molar-refractivity contribution in [3.63, 3.8) is 0 Å². The van der Waals surface area contributed by atoms with E-state index < -0.39 is 0 Å². The summed E-state index contributed by atoms with van der Waals surface area (Å²) in [6.45, 7) is 5.59. The van der Waals surface area contributed by atoms with Crippen molar-refractivity contribution in [3.8, 4) is 0 Å². The molecule has 2 fully saturated rings. The van der Waals surface area contributed by atoms with Crippen LogP contribution in [-0.4, -0.2) is 12.5 Å². The third-order valence-corrected chi connectivity index (χ3v) is 3.61. The molecule has 0 bridgehead atoms. The summed E-state index contributed by atoms with van der Waals surface area (Å²) in [7, 11) is 0. The van der Waals surface area contributed by atoms with Crippen LogP contribution in [0, 0.1) is 10.8 Å². The van der Waals surface area contributed by atoms with E-state index in [4.69, 9.17) is 0 Å². The third-order valence-electron chi connectivity index (χ3n) is 3.61. The molecule has 13 heavy (non-hydrogen) atoms. The summed E-state index contributed by atoms with van der Waals surface area (Å²) in [5.74, 6) is 0.262. The van der Waals surface area contributed by atoms with E-state index in [0.29, 0.717) is 10.8 Å². The number of nitrogens with one attached hydrogen (secondary N) is 1. The van der Waals surface area contributed by atoms with Gasteiger partial charge in [0.05, 0.1) is 0 Å². The van der Waals surface area contributed by atoms with Crippen LogP contribution in [0.2, 0.25) is 0 Å². The summed E-state index contributed by atoms with van der Waals surface area (Å²) in [4.78, 5) is 11.2. The van der Waals surface area contributed by atoms with Gasteiger partial charge in [0.25, 0.3) is 0 Å². The van der Waals surface area contributed by atoms with Crippen LogP contribution in [0.3, 0.4) is 0 Å². The third kappa shape index (κ3) is 1.72. The van der Waals surface area contributed by atoms with Crippen molar-refractivity contribution in [3.05, 3.63) is 0 Å². The maximum atomic E-state index is 11.2. The Labute approximate surface area is 80.1 Å². The maximum Gasteiger partial charge on any atom is 0.220 e. The molecule has 2 nitrogen and oxygen atoms in total. The van der Waals surface area contributed by atoms with E-state index in [9.17, 15) is 4.79 Å². The highest BCUT2D eigenvalue weighted by Crippen LogP contribution is 2.49. The van der Waals surface area contributed by atoms with Gasteiger partial charge in [-0.3, -0.25) is 4.79 Å². The summed E-state index contributed by atoms with van der Waals surface area (Å²) >= 11 is 0. The molecule has 0 unspecified atom stereocenters. The Balaban J connectivity index is 2.11. The minimum atomic E-state index is 0.262. The number of rotatable bonds is 0. The molecule has 1 saturated carbocycles. The van der Waals surface area contributed by atoms with Gasteiger partial charge in [0.15, 0.2) is 0 Å². The van der Waals surface area contributed by atoms with Crippen molar-refractivity contribution in [2.75, 3.05) is 6.54 Å². The molecule has 1 aliphatic carbocycles. The lowest BCUT2D eigenvalue weighted by atomic mass is 9.63. The molecule has 0 aromatic carbocycles. The number of amides is 1. The second-order valence-electron chi connectivity index (χ2n) is 5.65. The van der Waals surface area contributed by atoms with Crippen LogP contribution in [0.5, 0.6) is 0 Å². The number of carbonyl (C=O) groups excluding carboxylic acids is 1. The first-order chi connectivity index (χ1) is 6.02. The Morgan fingerprint density at radius 1 is 1.31 bits per heavy atom. The predicted molar refractivity (Wildman–Crippen MR) is 52.3 cm³/mol. The molecule has 1 aliphatic heterocycles. The van der Waals surface area contributed by atoms with E-state index in [0.717, 1.165) is 13.0 Å². The van der Waals surface area contributed by atoms with Gasteiger partial charge in [-0.2, -0.15) is 0 Å². The second-order valence-corrected chi connectivity index (χ2v) is 5.65. The van der Waals surface area contributed by atoms with E-state index >= 15 is 0 Å². The fourth-order valence-corrected chi connectivity index (χ4v) is 3.19. The molecule has 1 N–H and O–H groups in total. The predicted octanol–water partition coefficient (Wildman–Crippen LogP) is 2.09. The van der Waals surface area contributed by atoms with Crippen molar-refractivity contribution >= 4 is 5.91 Å². The van der Waals surface area contributed by atoms with Crippen LogP contribution in [0.4, 0.5) is 0 Å². The molecular weight excluding hydrogens is 162 g/mol. The summed E-state index contributed by atoms with van der Waals surface area (Å²) < 4.78 is 0. The zero-order valence-electron chi connectivity index (χ0n) is 8.65. The van der Waals surface area contributed by atoms with Crippen LogP contribution in [-0.2, 0) is 4.79 Å². The largest absolute Gasteiger partial charge is 0.356 e. The molecule has 0 radical (unpaired) electrons. The summed E-state index contributed by atoms with van der Waals surface area (Å²) in [5, 5.41) is 2.98. The highest BCUT2D eigenvalue weighted by Gasteiger charge is 2.44. The smallest absolute Gasteiger partial charge is 0.220 e.